The number of piperidine rings is 2. The van der Waals surface area contributed by atoms with Crippen LogP contribution in [0.25, 0.3) is 55.7 Å². The van der Waals surface area contributed by atoms with Gasteiger partial charge in [0.25, 0.3) is 0 Å². The van der Waals surface area contributed by atoms with Crippen molar-refractivity contribution in [3.05, 3.63) is 110 Å². The van der Waals surface area contributed by atoms with Crippen molar-refractivity contribution in [2.45, 2.75) is 83.7 Å². The van der Waals surface area contributed by atoms with Crippen molar-refractivity contribution in [3.8, 4) is 56.6 Å². The monoisotopic (exact) mass is 886 g/mol. The second-order valence-corrected chi connectivity index (χ2v) is 18.7. The minimum Gasteiger partial charge on any atom is -0.457 e. The topological polar surface area (TPSA) is 164 Å². The first kappa shape index (κ1) is 43.0. The Bertz CT molecular complexity index is 3000. The molecule has 0 unspecified atom stereocenters. The number of nitrogens with zero attached hydrogens (tertiary/aromatic N) is 10. The minimum atomic E-state index is -1.09. The van der Waals surface area contributed by atoms with E-state index in [1.54, 1.807) is 4.68 Å². The van der Waals surface area contributed by atoms with Crippen LogP contribution in [-0.2, 0) is 0 Å². The summed E-state index contributed by atoms with van der Waals surface area (Å²) >= 11 is 0. The highest BCUT2D eigenvalue weighted by molar-refractivity contribution is 5.99. The summed E-state index contributed by atoms with van der Waals surface area (Å²) in [5, 5.41) is 11.4. The number of rotatable bonds is 10. The largest absolute Gasteiger partial charge is 0.457 e. The SMILES string of the molecule is CC(C)N1CC[C@H](n2nc(-c3ccc(Oc4cccc(-c5ccc(Oc6ccc(-c7nn([C@@H]8CCCN(C(C)(C)C)C8)c8ncnc(N)c78)cc6)cc5)c4)cc3)c3c(N)ncnc32)[C@@H](F)C1. The van der Waals surface area contributed by atoms with Crippen LogP contribution in [-0.4, -0.2) is 93.2 Å². The van der Waals surface area contributed by atoms with Crippen molar-refractivity contribution < 1.29 is 13.9 Å². The van der Waals surface area contributed by atoms with Gasteiger partial charge in [0, 0.05) is 42.3 Å². The molecule has 2 saturated heterocycles. The van der Waals surface area contributed by atoms with Crippen LogP contribution in [0.1, 0.15) is 66.0 Å². The van der Waals surface area contributed by atoms with E-state index in [1.807, 2.05) is 97.1 Å². The molecule has 2 aliphatic rings. The van der Waals surface area contributed by atoms with Crippen LogP contribution in [0.4, 0.5) is 16.0 Å². The molecule has 338 valence electrons. The van der Waals surface area contributed by atoms with E-state index in [-0.39, 0.29) is 17.6 Å². The number of anilines is 2. The van der Waals surface area contributed by atoms with Gasteiger partial charge in [-0.3, -0.25) is 9.80 Å². The van der Waals surface area contributed by atoms with Gasteiger partial charge in [-0.05, 0) is 144 Å². The van der Waals surface area contributed by atoms with Crippen LogP contribution in [0.5, 0.6) is 23.0 Å². The Morgan fingerprint density at radius 2 is 1.17 bits per heavy atom. The van der Waals surface area contributed by atoms with Crippen molar-refractivity contribution in [1.82, 2.24) is 49.3 Å². The summed E-state index contributed by atoms with van der Waals surface area (Å²) in [6.07, 6.45) is 4.58. The molecule has 0 spiro atoms. The molecule has 3 atom stereocenters. The highest BCUT2D eigenvalue weighted by Gasteiger charge is 2.35. The van der Waals surface area contributed by atoms with Gasteiger partial charge >= 0.3 is 0 Å². The average molecular weight is 887 g/mol. The molecule has 15 heteroatoms. The van der Waals surface area contributed by atoms with Crippen molar-refractivity contribution in [2.75, 3.05) is 37.6 Å². The number of hydrogen-bond donors (Lipinski definition) is 2. The second kappa shape index (κ2) is 17.4. The third-order valence-corrected chi connectivity index (χ3v) is 13.1. The van der Waals surface area contributed by atoms with Gasteiger partial charge in [0.1, 0.15) is 64.8 Å². The Kier molecular flexibility index (Phi) is 11.3. The van der Waals surface area contributed by atoms with Gasteiger partial charge in [-0.15, -0.1) is 0 Å². The number of likely N-dealkylation sites (tertiary alicyclic amines) is 2. The number of alkyl halides is 1. The molecule has 0 aliphatic carbocycles. The van der Waals surface area contributed by atoms with Gasteiger partial charge in [0.15, 0.2) is 11.3 Å². The molecule has 4 aromatic heterocycles. The number of aromatic nitrogens is 8. The summed E-state index contributed by atoms with van der Waals surface area (Å²) in [4.78, 5) is 22.4. The lowest BCUT2D eigenvalue weighted by atomic mass is 9.98. The standard InChI is InChI=1S/C51H55FN12O2/c1-31(2)61-25-23-42(41(52)28-61)64-50-44(48(54)56-30-58-50)46(60-64)34-15-21-39(22-16-34)66-40-10-6-8-35(26-40)32-11-17-37(18-12-32)65-38-19-13-33(14-20-38)45-43-47(53)55-29-57-49(43)63(59-45)36-9-7-24-62(27-36)51(3,4)5/h6,8,10-22,26,29-31,36,41-42H,7,9,23-25,27-28H2,1-5H3,(H2,53,55,57)(H2,54,56,58)/t36-,41+,42+/m1/s1. The van der Waals surface area contributed by atoms with Gasteiger partial charge in [-0.2, -0.15) is 10.2 Å². The quantitative estimate of drug-likeness (QED) is 0.134. The molecule has 14 nitrogen and oxygen atoms in total. The fourth-order valence-electron chi connectivity index (χ4n) is 9.39. The van der Waals surface area contributed by atoms with Crippen LogP contribution in [0.15, 0.2) is 110 Å². The molecule has 0 saturated carbocycles. The van der Waals surface area contributed by atoms with Gasteiger partial charge in [-0.1, -0.05) is 24.3 Å². The minimum absolute atomic E-state index is 0.0693. The molecule has 0 bridgehead atoms. The fraction of sp³-hybridized carbons (Fsp3) is 0.333. The lowest BCUT2D eigenvalue weighted by Crippen LogP contribution is -2.47. The zero-order valence-electron chi connectivity index (χ0n) is 38.0. The van der Waals surface area contributed by atoms with Crippen molar-refractivity contribution in [3.63, 3.8) is 0 Å². The van der Waals surface area contributed by atoms with Gasteiger partial charge in [-0.25, -0.2) is 33.7 Å². The highest BCUT2D eigenvalue weighted by Crippen LogP contribution is 2.39. The van der Waals surface area contributed by atoms with E-state index in [2.05, 4.69) is 69.0 Å². The number of ether oxygens (including phenoxy) is 2. The first-order chi connectivity index (χ1) is 31.9. The molecule has 4 aromatic carbocycles. The molecular weight excluding hydrogens is 832 g/mol. The predicted molar refractivity (Wildman–Crippen MR) is 257 cm³/mol. The van der Waals surface area contributed by atoms with E-state index < -0.39 is 12.2 Å². The van der Waals surface area contributed by atoms with Crippen LogP contribution in [0.3, 0.4) is 0 Å². The zero-order chi connectivity index (χ0) is 45.7. The lowest BCUT2D eigenvalue weighted by molar-refractivity contribution is 0.0668. The van der Waals surface area contributed by atoms with E-state index in [0.29, 0.717) is 64.3 Å². The summed E-state index contributed by atoms with van der Waals surface area (Å²) in [6, 6.07) is 31.5. The zero-order valence-corrected chi connectivity index (χ0v) is 38.0. The summed E-state index contributed by atoms with van der Waals surface area (Å²) in [5.41, 5.74) is 19.3. The number of halogens is 1. The number of nitrogen functional groups attached to an aromatic ring is 2. The number of nitrogens with two attached hydrogens (primary N) is 2. The summed E-state index contributed by atoms with van der Waals surface area (Å²) in [6.45, 7) is 14.1. The molecule has 2 fully saturated rings. The number of hydrogen-bond acceptors (Lipinski definition) is 12. The Labute approximate surface area is 383 Å². The maximum Gasteiger partial charge on any atom is 0.164 e. The van der Waals surface area contributed by atoms with Crippen molar-refractivity contribution in [2.24, 2.45) is 0 Å². The van der Waals surface area contributed by atoms with E-state index in [1.165, 1.54) is 12.7 Å². The maximum absolute atomic E-state index is 15.6. The highest BCUT2D eigenvalue weighted by atomic mass is 19.1. The summed E-state index contributed by atoms with van der Waals surface area (Å²) in [5.74, 6) is 3.47. The normalized spacial score (nSPS) is 18.6. The number of benzene rings is 4. The molecular formula is C51H55FN12O2. The van der Waals surface area contributed by atoms with Crippen molar-refractivity contribution >= 4 is 33.7 Å². The molecule has 0 amide bonds. The molecule has 8 aromatic rings. The van der Waals surface area contributed by atoms with Gasteiger partial charge < -0.3 is 20.9 Å². The summed E-state index contributed by atoms with van der Waals surface area (Å²) < 4.78 is 32.0. The average Bonchev–Trinajstić information content (AvgIpc) is 3.91. The Balaban J connectivity index is 0.813. The van der Waals surface area contributed by atoms with E-state index in [4.69, 9.17) is 31.1 Å². The van der Waals surface area contributed by atoms with Crippen LogP contribution < -0.4 is 20.9 Å². The van der Waals surface area contributed by atoms with Gasteiger partial charge in [0.05, 0.1) is 22.9 Å². The molecule has 4 N–H and O–H groups in total. The lowest BCUT2D eigenvalue weighted by Gasteiger charge is -2.41. The molecule has 66 heavy (non-hydrogen) atoms. The first-order valence-electron chi connectivity index (χ1n) is 22.8. The van der Waals surface area contributed by atoms with Crippen LogP contribution in [0.2, 0.25) is 0 Å². The van der Waals surface area contributed by atoms with E-state index >= 15 is 4.39 Å². The molecule has 2 aliphatic heterocycles. The Morgan fingerprint density at radius 3 is 1.73 bits per heavy atom. The molecule has 6 heterocycles. The second-order valence-electron chi connectivity index (χ2n) is 18.7. The van der Waals surface area contributed by atoms with Gasteiger partial charge in [0.2, 0.25) is 0 Å². The van der Waals surface area contributed by atoms with Crippen molar-refractivity contribution in [1.29, 1.82) is 0 Å². The third kappa shape index (κ3) is 8.40. The molecule has 10 rings (SSSR count). The third-order valence-electron chi connectivity index (χ3n) is 13.1. The maximum atomic E-state index is 15.6. The fourth-order valence-corrected chi connectivity index (χ4v) is 9.39. The smallest absolute Gasteiger partial charge is 0.164 e. The van der Waals surface area contributed by atoms with E-state index in [9.17, 15) is 0 Å². The molecule has 0 radical (unpaired) electrons. The Morgan fingerprint density at radius 1 is 0.621 bits per heavy atom. The van der Waals surface area contributed by atoms with Crippen LogP contribution in [0, 0.1) is 0 Å². The first-order valence-corrected chi connectivity index (χ1v) is 22.8. The van der Waals surface area contributed by atoms with E-state index in [0.717, 1.165) is 71.5 Å². The van der Waals surface area contributed by atoms with Crippen LogP contribution >= 0.6 is 0 Å². The summed E-state index contributed by atoms with van der Waals surface area (Å²) in [7, 11) is 0. The number of fused-ring (bicyclic) bond motifs is 2. The predicted octanol–water partition coefficient (Wildman–Crippen LogP) is 10.1. The Hall–Kier alpha value is -6.97.